The maximum Gasteiger partial charge on any atom is 0.253 e. The lowest BCUT2D eigenvalue weighted by molar-refractivity contribution is -0.143. The SMILES string of the molecule is O=C([C@H]1CN(c2ccc3nc(C4(n5cc(Cl)cn5)CC4)[nH]c3n2)CCO1)N1CCCC1. The topological polar surface area (TPSA) is 92.2 Å². The lowest BCUT2D eigenvalue weighted by Crippen LogP contribution is -2.50. The smallest absolute Gasteiger partial charge is 0.253 e. The van der Waals surface area contributed by atoms with E-state index in [9.17, 15) is 4.79 Å². The summed E-state index contributed by atoms with van der Waals surface area (Å²) in [6, 6.07) is 3.95. The number of aromatic amines is 1. The lowest BCUT2D eigenvalue weighted by atomic mass is 10.2. The van der Waals surface area contributed by atoms with Crippen molar-refractivity contribution >= 4 is 34.5 Å². The zero-order valence-electron chi connectivity index (χ0n) is 17.1. The second-order valence-electron chi connectivity index (χ2n) is 8.60. The van der Waals surface area contributed by atoms with Gasteiger partial charge in [0.15, 0.2) is 11.8 Å². The molecule has 1 amide bonds. The van der Waals surface area contributed by atoms with Crippen LogP contribution in [0.3, 0.4) is 0 Å². The summed E-state index contributed by atoms with van der Waals surface area (Å²) < 4.78 is 7.69. The number of rotatable bonds is 4. The summed E-state index contributed by atoms with van der Waals surface area (Å²) in [5, 5.41) is 5.01. The number of ether oxygens (including phenoxy) is 1. The van der Waals surface area contributed by atoms with Crippen molar-refractivity contribution in [3.63, 3.8) is 0 Å². The zero-order valence-corrected chi connectivity index (χ0v) is 17.9. The van der Waals surface area contributed by atoms with Crippen LogP contribution in [0.1, 0.15) is 31.5 Å². The van der Waals surface area contributed by atoms with Crippen LogP contribution in [0.4, 0.5) is 5.82 Å². The normalized spacial score (nSPS) is 22.9. The predicted octanol–water partition coefficient (Wildman–Crippen LogP) is 2.17. The van der Waals surface area contributed by atoms with E-state index in [4.69, 9.17) is 26.3 Å². The average molecular weight is 442 g/mol. The molecule has 5 heterocycles. The Labute approximate surface area is 184 Å². The van der Waals surface area contributed by atoms with E-state index in [1.54, 1.807) is 6.20 Å². The van der Waals surface area contributed by atoms with E-state index in [1.165, 1.54) is 0 Å². The first-order valence-electron chi connectivity index (χ1n) is 10.9. The average Bonchev–Trinajstić information content (AvgIpc) is 3.18. The van der Waals surface area contributed by atoms with Crippen molar-refractivity contribution in [1.29, 1.82) is 0 Å². The van der Waals surface area contributed by atoms with E-state index < -0.39 is 6.10 Å². The first kappa shape index (κ1) is 19.1. The van der Waals surface area contributed by atoms with Crippen molar-refractivity contribution < 1.29 is 9.53 Å². The number of pyridine rings is 1. The Balaban J connectivity index is 1.24. The largest absolute Gasteiger partial charge is 0.365 e. The maximum atomic E-state index is 12.8. The van der Waals surface area contributed by atoms with Gasteiger partial charge in [-0.3, -0.25) is 9.48 Å². The number of amides is 1. The molecule has 1 N–H and O–H groups in total. The molecular formula is C21H24ClN7O2. The van der Waals surface area contributed by atoms with Gasteiger partial charge in [0.1, 0.15) is 22.7 Å². The van der Waals surface area contributed by atoms with E-state index >= 15 is 0 Å². The number of hydrogen-bond acceptors (Lipinski definition) is 6. The van der Waals surface area contributed by atoms with E-state index in [-0.39, 0.29) is 11.4 Å². The van der Waals surface area contributed by atoms with Crippen LogP contribution in [0.25, 0.3) is 11.2 Å². The number of carbonyl (C=O) groups excluding carboxylic acids is 1. The van der Waals surface area contributed by atoms with Crippen LogP contribution in [0.2, 0.25) is 5.02 Å². The van der Waals surface area contributed by atoms with Crippen LogP contribution < -0.4 is 4.90 Å². The second-order valence-corrected chi connectivity index (χ2v) is 9.03. The number of halogens is 1. The third kappa shape index (κ3) is 3.27. The second kappa shape index (κ2) is 7.20. The van der Waals surface area contributed by atoms with Gasteiger partial charge < -0.3 is 19.5 Å². The number of likely N-dealkylation sites (tertiary alicyclic amines) is 1. The first-order valence-corrected chi connectivity index (χ1v) is 11.2. The van der Waals surface area contributed by atoms with E-state index in [0.717, 1.165) is 61.6 Å². The van der Waals surface area contributed by atoms with Gasteiger partial charge in [-0.2, -0.15) is 5.10 Å². The van der Waals surface area contributed by atoms with Crippen molar-refractivity contribution in [3.8, 4) is 0 Å². The van der Waals surface area contributed by atoms with E-state index in [2.05, 4.69) is 15.0 Å². The Morgan fingerprint density at radius 2 is 2.03 bits per heavy atom. The number of H-pyrrole nitrogens is 1. The standard InChI is InChI=1S/C21H24ClN7O2/c22-14-11-23-29(12-14)21(5-6-21)20-24-15-3-4-17(25-18(15)26-20)28-9-10-31-16(13-28)19(30)27-7-1-2-8-27/h3-4,11-12,16H,1-2,5-10,13H2,(H,24,25,26)/t16-/m1/s1. The van der Waals surface area contributed by atoms with Gasteiger partial charge in [0, 0.05) is 25.8 Å². The Morgan fingerprint density at radius 1 is 1.19 bits per heavy atom. The minimum atomic E-state index is -0.430. The fraction of sp³-hybridized carbons (Fsp3) is 0.524. The Bertz CT molecular complexity index is 1130. The number of imidazole rings is 1. The minimum absolute atomic E-state index is 0.0978. The Morgan fingerprint density at radius 3 is 2.77 bits per heavy atom. The van der Waals surface area contributed by atoms with Crippen molar-refractivity contribution in [2.45, 2.75) is 37.3 Å². The molecule has 3 aliphatic rings. The summed E-state index contributed by atoms with van der Waals surface area (Å²) in [5.41, 5.74) is 1.30. The number of morpholine rings is 1. The molecule has 3 aromatic heterocycles. The highest BCUT2D eigenvalue weighted by Crippen LogP contribution is 2.48. The van der Waals surface area contributed by atoms with Crippen LogP contribution >= 0.6 is 11.6 Å². The number of nitrogens with one attached hydrogen (secondary N) is 1. The molecule has 1 aliphatic carbocycles. The minimum Gasteiger partial charge on any atom is -0.365 e. The molecule has 31 heavy (non-hydrogen) atoms. The quantitative estimate of drug-likeness (QED) is 0.667. The molecule has 0 spiro atoms. The molecule has 0 bridgehead atoms. The number of carbonyl (C=O) groups is 1. The van der Waals surface area contributed by atoms with Crippen molar-refractivity contribution in [2.75, 3.05) is 37.7 Å². The fourth-order valence-electron chi connectivity index (χ4n) is 4.66. The summed E-state index contributed by atoms with van der Waals surface area (Å²) in [6.45, 7) is 3.41. The van der Waals surface area contributed by atoms with Crippen LogP contribution in [0.15, 0.2) is 24.5 Å². The van der Waals surface area contributed by atoms with Gasteiger partial charge >= 0.3 is 0 Å². The summed E-state index contributed by atoms with van der Waals surface area (Å²) in [4.78, 5) is 29.8. The molecule has 1 saturated carbocycles. The highest BCUT2D eigenvalue weighted by molar-refractivity contribution is 6.30. The zero-order chi connectivity index (χ0) is 21.0. The molecule has 162 valence electrons. The molecule has 2 saturated heterocycles. The van der Waals surface area contributed by atoms with Crippen LogP contribution in [-0.2, 0) is 15.1 Å². The van der Waals surface area contributed by atoms with Crippen LogP contribution in [0.5, 0.6) is 0 Å². The molecular weight excluding hydrogens is 418 g/mol. The molecule has 10 heteroatoms. The molecule has 0 aromatic carbocycles. The molecule has 9 nitrogen and oxygen atoms in total. The van der Waals surface area contributed by atoms with Crippen molar-refractivity contribution in [2.24, 2.45) is 0 Å². The number of anilines is 1. The summed E-state index contributed by atoms with van der Waals surface area (Å²) in [7, 11) is 0. The number of nitrogens with zero attached hydrogens (tertiary/aromatic N) is 6. The van der Waals surface area contributed by atoms with Crippen LogP contribution in [-0.4, -0.2) is 74.4 Å². The number of hydrogen-bond donors (Lipinski definition) is 1. The lowest BCUT2D eigenvalue weighted by Gasteiger charge is -2.34. The van der Waals surface area contributed by atoms with Crippen LogP contribution in [0, 0.1) is 0 Å². The van der Waals surface area contributed by atoms with Gasteiger partial charge in [-0.25, -0.2) is 9.97 Å². The molecule has 6 rings (SSSR count). The monoisotopic (exact) mass is 441 g/mol. The fourth-order valence-corrected chi connectivity index (χ4v) is 4.79. The highest BCUT2D eigenvalue weighted by Gasteiger charge is 2.50. The molecule has 2 aliphatic heterocycles. The van der Waals surface area contributed by atoms with E-state index in [0.29, 0.717) is 24.7 Å². The van der Waals surface area contributed by atoms with Gasteiger partial charge in [0.05, 0.1) is 24.4 Å². The van der Waals surface area contributed by atoms with Gasteiger partial charge in [-0.15, -0.1) is 0 Å². The van der Waals surface area contributed by atoms with Gasteiger partial charge in [0.25, 0.3) is 5.91 Å². The number of aromatic nitrogens is 5. The highest BCUT2D eigenvalue weighted by atomic mass is 35.5. The molecule has 0 radical (unpaired) electrons. The molecule has 1 atom stereocenters. The molecule has 3 fully saturated rings. The summed E-state index contributed by atoms with van der Waals surface area (Å²) in [5.74, 6) is 1.79. The van der Waals surface area contributed by atoms with Gasteiger partial charge in [0.2, 0.25) is 0 Å². The van der Waals surface area contributed by atoms with Crippen molar-refractivity contribution in [3.05, 3.63) is 35.4 Å². The third-order valence-electron chi connectivity index (χ3n) is 6.57. The van der Waals surface area contributed by atoms with Crippen molar-refractivity contribution in [1.82, 2.24) is 29.6 Å². The third-order valence-corrected chi connectivity index (χ3v) is 6.76. The van der Waals surface area contributed by atoms with E-state index in [1.807, 2.05) is 27.9 Å². The first-order chi connectivity index (χ1) is 15.1. The summed E-state index contributed by atoms with van der Waals surface area (Å²) in [6.07, 6.45) is 7.14. The number of fused-ring (bicyclic) bond motifs is 1. The Kier molecular flexibility index (Phi) is 4.43. The van der Waals surface area contributed by atoms with Gasteiger partial charge in [-0.1, -0.05) is 11.6 Å². The predicted molar refractivity (Wildman–Crippen MR) is 115 cm³/mol. The maximum absolute atomic E-state index is 12.8. The molecule has 0 unspecified atom stereocenters. The molecule has 3 aromatic rings. The summed E-state index contributed by atoms with van der Waals surface area (Å²) >= 11 is 6.07. The Hall–Kier alpha value is -2.65. The van der Waals surface area contributed by atoms with Gasteiger partial charge in [-0.05, 0) is 37.8 Å².